The van der Waals surface area contributed by atoms with Gasteiger partial charge in [0.15, 0.2) is 0 Å². The lowest BCUT2D eigenvalue weighted by atomic mass is 9.80. The Kier molecular flexibility index (Phi) is 4.43. The predicted octanol–water partition coefficient (Wildman–Crippen LogP) is 2.07. The van der Waals surface area contributed by atoms with Gasteiger partial charge in [-0.3, -0.25) is 4.79 Å². The molecule has 98 valence electrons. The number of hydrogen-bond acceptors (Lipinski definition) is 2. The Bertz CT molecular complexity index is 251. The fourth-order valence-electron chi connectivity index (χ4n) is 3.44. The monoisotopic (exact) mass is 238 g/mol. The van der Waals surface area contributed by atoms with E-state index in [1.165, 1.54) is 19.3 Å². The smallest absolute Gasteiger partial charge is 0.237 e. The first kappa shape index (κ1) is 12.9. The summed E-state index contributed by atoms with van der Waals surface area (Å²) < 4.78 is 0. The maximum Gasteiger partial charge on any atom is 0.237 e. The van der Waals surface area contributed by atoms with Crippen molar-refractivity contribution >= 4 is 5.91 Å². The summed E-state index contributed by atoms with van der Waals surface area (Å²) in [6.07, 6.45) is 7.02. The van der Waals surface area contributed by atoms with Crippen LogP contribution in [0.25, 0.3) is 0 Å². The van der Waals surface area contributed by atoms with Gasteiger partial charge in [-0.1, -0.05) is 20.3 Å². The van der Waals surface area contributed by atoms with Gasteiger partial charge in [0.05, 0.1) is 6.04 Å². The zero-order chi connectivity index (χ0) is 12.3. The largest absolute Gasteiger partial charge is 0.352 e. The summed E-state index contributed by atoms with van der Waals surface area (Å²) in [6, 6.07) is 0.473. The summed E-state index contributed by atoms with van der Waals surface area (Å²) in [5.41, 5.74) is 0. The Morgan fingerprint density at radius 2 is 1.82 bits per heavy atom. The highest BCUT2D eigenvalue weighted by molar-refractivity contribution is 5.82. The van der Waals surface area contributed by atoms with Crippen LogP contribution in [0.15, 0.2) is 0 Å². The van der Waals surface area contributed by atoms with Crippen LogP contribution in [0.1, 0.15) is 52.4 Å². The molecule has 3 heteroatoms. The number of hydrogen-bond donors (Lipinski definition) is 2. The molecule has 1 heterocycles. The van der Waals surface area contributed by atoms with Gasteiger partial charge >= 0.3 is 0 Å². The third kappa shape index (κ3) is 3.70. The lowest BCUT2D eigenvalue weighted by Gasteiger charge is -2.33. The molecule has 2 fully saturated rings. The van der Waals surface area contributed by atoms with Gasteiger partial charge in [0.1, 0.15) is 0 Å². The fourth-order valence-corrected chi connectivity index (χ4v) is 3.44. The minimum Gasteiger partial charge on any atom is -0.352 e. The molecular formula is C14H26N2O. The molecule has 2 aliphatic rings. The van der Waals surface area contributed by atoms with Crippen LogP contribution in [0.2, 0.25) is 0 Å². The maximum absolute atomic E-state index is 12.1. The van der Waals surface area contributed by atoms with Crippen molar-refractivity contribution in [2.45, 2.75) is 64.5 Å². The van der Waals surface area contributed by atoms with E-state index in [2.05, 4.69) is 24.5 Å². The van der Waals surface area contributed by atoms with E-state index in [4.69, 9.17) is 0 Å². The fraction of sp³-hybridized carbons (Fsp3) is 0.929. The second-order valence-corrected chi connectivity index (χ2v) is 6.13. The number of carbonyl (C=O) groups is 1. The molecule has 17 heavy (non-hydrogen) atoms. The van der Waals surface area contributed by atoms with E-state index in [9.17, 15) is 4.79 Å². The van der Waals surface area contributed by atoms with E-state index < -0.39 is 0 Å². The first-order valence-electron chi connectivity index (χ1n) is 7.19. The van der Waals surface area contributed by atoms with Crippen LogP contribution in [0.3, 0.4) is 0 Å². The second kappa shape index (κ2) is 5.85. The number of piperidine rings is 1. The number of nitrogens with one attached hydrogen (secondary N) is 2. The minimum atomic E-state index is 0.0660. The van der Waals surface area contributed by atoms with Crippen LogP contribution in [0.5, 0.6) is 0 Å². The lowest BCUT2D eigenvalue weighted by Crippen LogP contribution is -2.50. The first-order chi connectivity index (χ1) is 8.15. The van der Waals surface area contributed by atoms with Gasteiger partial charge in [0.2, 0.25) is 5.91 Å². The van der Waals surface area contributed by atoms with Crippen LogP contribution in [0, 0.1) is 11.8 Å². The van der Waals surface area contributed by atoms with Gasteiger partial charge in [0, 0.05) is 6.04 Å². The molecule has 3 atom stereocenters. The highest BCUT2D eigenvalue weighted by Gasteiger charge is 2.27. The normalized spacial score (nSPS) is 38.7. The third-order valence-electron chi connectivity index (χ3n) is 4.15. The van der Waals surface area contributed by atoms with E-state index in [0.29, 0.717) is 6.04 Å². The molecule has 0 bridgehead atoms. The van der Waals surface area contributed by atoms with Crippen molar-refractivity contribution in [3.63, 3.8) is 0 Å². The summed E-state index contributed by atoms with van der Waals surface area (Å²) in [6.45, 7) is 5.59. The van der Waals surface area contributed by atoms with Crippen molar-refractivity contribution in [2.24, 2.45) is 11.8 Å². The van der Waals surface area contributed by atoms with E-state index in [-0.39, 0.29) is 11.9 Å². The van der Waals surface area contributed by atoms with Crippen LogP contribution < -0.4 is 10.6 Å². The van der Waals surface area contributed by atoms with E-state index in [0.717, 1.165) is 37.6 Å². The molecule has 0 aromatic heterocycles. The Balaban J connectivity index is 1.80. The SMILES string of the molecule is CC1CC(C)CC(NC(=O)[C@@H]2CCCCN2)C1. The van der Waals surface area contributed by atoms with Crippen molar-refractivity contribution in [1.29, 1.82) is 0 Å². The standard InChI is InChI=1S/C14H26N2O/c1-10-7-11(2)9-12(8-10)16-14(17)13-5-3-4-6-15-13/h10-13,15H,3-9H2,1-2H3,(H,16,17)/t10?,11?,12?,13-/m0/s1. The van der Waals surface area contributed by atoms with Crippen molar-refractivity contribution in [3.8, 4) is 0 Å². The Morgan fingerprint density at radius 1 is 1.12 bits per heavy atom. The van der Waals surface area contributed by atoms with Gasteiger partial charge < -0.3 is 10.6 Å². The average molecular weight is 238 g/mol. The lowest BCUT2D eigenvalue weighted by molar-refractivity contribution is -0.124. The molecular weight excluding hydrogens is 212 g/mol. The highest BCUT2D eigenvalue weighted by Crippen LogP contribution is 2.28. The molecule has 2 unspecified atom stereocenters. The quantitative estimate of drug-likeness (QED) is 0.773. The minimum absolute atomic E-state index is 0.0660. The van der Waals surface area contributed by atoms with E-state index in [1.54, 1.807) is 0 Å². The summed E-state index contributed by atoms with van der Waals surface area (Å²) in [4.78, 5) is 12.1. The van der Waals surface area contributed by atoms with Gasteiger partial charge in [0.25, 0.3) is 0 Å². The molecule has 1 aliphatic carbocycles. The molecule has 3 nitrogen and oxygen atoms in total. The molecule has 1 saturated heterocycles. The first-order valence-corrected chi connectivity index (χ1v) is 7.19. The molecule has 1 aliphatic heterocycles. The predicted molar refractivity (Wildman–Crippen MR) is 69.8 cm³/mol. The number of rotatable bonds is 2. The molecule has 0 spiro atoms. The molecule has 0 radical (unpaired) electrons. The average Bonchev–Trinajstić information content (AvgIpc) is 2.28. The van der Waals surface area contributed by atoms with Crippen molar-refractivity contribution in [2.75, 3.05) is 6.54 Å². The molecule has 0 aromatic carbocycles. The molecule has 1 saturated carbocycles. The van der Waals surface area contributed by atoms with Gasteiger partial charge in [-0.05, 0) is 50.5 Å². The van der Waals surface area contributed by atoms with Crippen LogP contribution in [0.4, 0.5) is 0 Å². The van der Waals surface area contributed by atoms with Crippen LogP contribution >= 0.6 is 0 Å². The zero-order valence-corrected chi connectivity index (χ0v) is 11.2. The molecule has 2 N–H and O–H groups in total. The summed E-state index contributed by atoms with van der Waals surface area (Å²) in [7, 11) is 0. The van der Waals surface area contributed by atoms with Gasteiger partial charge in [-0.15, -0.1) is 0 Å². The third-order valence-corrected chi connectivity index (χ3v) is 4.15. The molecule has 0 aromatic rings. The maximum atomic E-state index is 12.1. The Hall–Kier alpha value is -0.570. The van der Waals surface area contributed by atoms with Crippen molar-refractivity contribution in [1.82, 2.24) is 10.6 Å². The van der Waals surface area contributed by atoms with Crippen molar-refractivity contribution < 1.29 is 4.79 Å². The molecule has 1 amide bonds. The van der Waals surface area contributed by atoms with Crippen LogP contribution in [-0.4, -0.2) is 24.5 Å². The summed E-state index contributed by atoms with van der Waals surface area (Å²) in [5, 5.41) is 6.57. The zero-order valence-electron chi connectivity index (χ0n) is 11.2. The Labute approximate surface area is 105 Å². The number of amides is 1. The number of carbonyl (C=O) groups excluding carboxylic acids is 1. The highest BCUT2D eigenvalue weighted by atomic mass is 16.2. The van der Waals surface area contributed by atoms with Gasteiger partial charge in [-0.25, -0.2) is 0 Å². The van der Waals surface area contributed by atoms with Crippen molar-refractivity contribution in [3.05, 3.63) is 0 Å². The molecule has 2 rings (SSSR count). The summed E-state index contributed by atoms with van der Waals surface area (Å²) >= 11 is 0. The topological polar surface area (TPSA) is 41.1 Å². The van der Waals surface area contributed by atoms with Crippen LogP contribution in [-0.2, 0) is 4.79 Å². The summed E-state index contributed by atoms with van der Waals surface area (Å²) in [5.74, 6) is 1.74. The Morgan fingerprint density at radius 3 is 2.41 bits per heavy atom. The van der Waals surface area contributed by atoms with E-state index >= 15 is 0 Å². The van der Waals surface area contributed by atoms with Gasteiger partial charge in [-0.2, -0.15) is 0 Å². The second-order valence-electron chi connectivity index (χ2n) is 6.13. The van der Waals surface area contributed by atoms with E-state index in [1.807, 2.05) is 0 Å².